The number of hydrogen-bond donors (Lipinski definition) is 0. The van der Waals surface area contributed by atoms with E-state index in [1.54, 1.807) is 23.7 Å². The lowest BCUT2D eigenvalue weighted by atomic mass is 10.1. The summed E-state index contributed by atoms with van der Waals surface area (Å²) in [6.07, 6.45) is 5.52. The number of hydrogen-bond acceptors (Lipinski definition) is 4. The summed E-state index contributed by atoms with van der Waals surface area (Å²) < 4.78 is 2.04. The minimum atomic E-state index is -0.386. The molecule has 3 aliphatic heterocycles. The van der Waals surface area contributed by atoms with Crippen LogP contribution in [0, 0.1) is 0 Å². The van der Waals surface area contributed by atoms with E-state index in [2.05, 4.69) is 11.9 Å². The maximum absolute atomic E-state index is 12.8. The molecular formula is C15H23N4O2S+. The van der Waals surface area contributed by atoms with Crippen LogP contribution in [-0.4, -0.2) is 69.2 Å². The van der Waals surface area contributed by atoms with Crippen molar-refractivity contribution in [2.24, 2.45) is 4.99 Å². The summed E-state index contributed by atoms with van der Waals surface area (Å²) in [6, 6.07) is -0.620. The van der Waals surface area contributed by atoms with E-state index in [-0.39, 0.29) is 18.0 Å². The van der Waals surface area contributed by atoms with Gasteiger partial charge in [0.2, 0.25) is 0 Å². The molecule has 1 atom stereocenters. The number of carbonyl (C=O) groups is 2. The van der Waals surface area contributed by atoms with Gasteiger partial charge in [-0.15, -0.1) is 0 Å². The summed E-state index contributed by atoms with van der Waals surface area (Å²) in [6.45, 7) is 3.53. The molecule has 0 radical (unpaired) electrons. The molecule has 0 bridgehead atoms. The Bertz CT molecular complexity index is 558. The summed E-state index contributed by atoms with van der Waals surface area (Å²) in [5, 5.41) is 0.887. The number of fused-ring (bicyclic) bond motifs is 2. The average molecular weight is 323 g/mol. The third-order valence-electron chi connectivity index (χ3n) is 4.42. The highest BCUT2D eigenvalue weighted by Crippen LogP contribution is 2.27. The van der Waals surface area contributed by atoms with E-state index in [0.717, 1.165) is 30.3 Å². The Kier molecular flexibility index (Phi) is 4.52. The molecule has 7 heteroatoms. The molecule has 3 amide bonds. The molecule has 0 N–H and O–H groups in total. The van der Waals surface area contributed by atoms with Crippen LogP contribution in [0.3, 0.4) is 0 Å². The van der Waals surface area contributed by atoms with E-state index in [9.17, 15) is 9.59 Å². The minimum Gasteiger partial charge on any atom is -0.269 e. The monoisotopic (exact) mass is 323 g/mol. The Morgan fingerprint density at radius 3 is 2.82 bits per heavy atom. The smallest absolute Gasteiger partial charge is 0.269 e. The number of urea groups is 1. The molecule has 0 saturated carbocycles. The molecule has 0 aromatic rings. The molecule has 0 aromatic carbocycles. The number of thioether (sulfide) groups is 1. The van der Waals surface area contributed by atoms with Crippen LogP contribution in [0.1, 0.15) is 39.0 Å². The maximum atomic E-state index is 12.8. The van der Waals surface area contributed by atoms with E-state index >= 15 is 0 Å². The van der Waals surface area contributed by atoms with Crippen molar-refractivity contribution in [1.29, 1.82) is 0 Å². The molecule has 0 aromatic heterocycles. The van der Waals surface area contributed by atoms with Crippen LogP contribution in [0.4, 0.5) is 4.79 Å². The zero-order chi connectivity index (χ0) is 15.7. The van der Waals surface area contributed by atoms with Crippen molar-refractivity contribution in [2.75, 3.05) is 25.9 Å². The average Bonchev–Trinajstić information content (AvgIpc) is 3.08. The van der Waals surface area contributed by atoms with Crippen molar-refractivity contribution in [3.8, 4) is 0 Å². The molecule has 0 aliphatic carbocycles. The van der Waals surface area contributed by atoms with E-state index in [0.29, 0.717) is 12.4 Å². The number of unbranched alkanes of at least 4 members (excludes halogenated alkanes) is 4. The maximum Gasteiger partial charge on any atom is 0.358 e. The van der Waals surface area contributed by atoms with E-state index in [1.807, 2.05) is 4.58 Å². The third kappa shape index (κ3) is 2.55. The van der Waals surface area contributed by atoms with Crippen LogP contribution in [-0.2, 0) is 4.79 Å². The molecule has 3 aliphatic rings. The predicted molar refractivity (Wildman–Crippen MR) is 87.4 cm³/mol. The lowest BCUT2D eigenvalue weighted by Gasteiger charge is -2.33. The number of amides is 3. The van der Waals surface area contributed by atoms with Crippen LogP contribution in [0.15, 0.2) is 4.99 Å². The van der Waals surface area contributed by atoms with Crippen molar-refractivity contribution in [2.45, 2.75) is 45.1 Å². The number of nitrogens with zero attached hydrogens (tertiary/aromatic N) is 4. The first-order valence-electron chi connectivity index (χ1n) is 8.09. The topological polar surface area (TPSA) is 56.0 Å². The standard InChI is InChI=1S/C15H23N4O2S/c1-3-4-5-6-7-8-19-13(20)11-12(17(2)15(19)21)16-14-18(11)9-10-22-14/h11H,3-10H2,1-2H3/q+1. The Morgan fingerprint density at radius 2 is 2.05 bits per heavy atom. The number of imide groups is 1. The van der Waals surface area contributed by atoms with E-state index in [1.165, 1.54) is 24.2 Å². The largest absolute Gasteiger partial charge is 0.358 e. The third-order valence-corrected chi connectivity index (χ3v) is 5.39. The Labute approximate surface area is 135 Å². The minimum absolute atomic E-state index is 0.102. The van der Waals surface area contributed by atoms with Gasteiger partial charge in [-0.3, -0.25) is 14.6 Å². The van der Waals surface area contributed by atoms with Gasteiger partial charge in [0.1, 0.15) is 0 Å². The highest BCUT2D eigenvalue weighted by atomic mass is 32.2. The van der Waals surface area contributed by atoms with Crippen molar-refractivity contribution in [3.63, 3.8) is 0 Å². The summed E-state index contributed by atoms with van der Waals surface area (Å²) >= 11 is 1.66. The molecule has 0 spiro atoms. The first-order chi connectivity index (χ1) is 10.6. The van der Waals surface area contributed by atoms with Gasteiger partial charge in [-0.1, -0.05) is 32.6 Å². The normalized spacial score (nSPS) is 24.1. The highest BCUT2D eigenvalue weighted by molar-refractivity contribution is 8.13. The number of aliphatic imine (C=N–C) groups is 1. The molecule has 1 fully saturated rings. The first kappa shape index (κ1) is 15.5. The SMILES string of the molecule is CCCCCCCN1C(=O)C2C(=NC3=[N+]2CCS3)N(C)C1=O. The fourth-order valence-corrected chi connectivity index (χ4v) is 4.14. The lowest BCUT2D eigenvalue weighted by molar-refractivity contribution is -0.525. The number of likely N-dealkylation sites (N-methyl/N-ethyl adjacent to an activating group) is 1. The van der Waals surface area contributed by atoms with Gasteiger partial charge in [0.15, 0.2) is 0 Å². The predicted octanol–water partition coefficient (Wildman–Crippen LogP) is 1.75. The zero-order valence-electron chi connectivity index (χ0n) is 13.2. The quantitative estimate of drug-likeness (QED) is 0.553. The molecule has 6 nitrogen and oxygen atoms in total. The van der Waals surface area contributed by atoms with Crippen molar-refractivity contribution in [1.82, 2.24) is 9.80 Å². The van der Waals surface area contributed by atoms with Crippen molar-refractivity contribution >= 4 is 34.7 Å². The number of carbonyl (C=O) groups excluding carboxylic acids is 2. The van der Waals surface area contributed by atoms with E-state index < -0.39 is 0 Å². The van der Waals surface area contributed by atoms with Crippen molar-refractivity contribution in [3.05, 3.63) is 0 Å². The molecule has 22 heavy (non-hydrogen) atoms. The van der Waals surface area contributed by atoms with Crippen LogP contribution in [0.25, 0.3) is 0 Å². The van der Waals surface area contributed by atoms with Crippen LogP contribution < -0.4 is 0 Å². The number of rotatable bonds is 6. The Hall–Kier alpha value is -1.37. The Balaban J connectivity index is 1.69. The molecule has 120 valence electrons. The van der Waals surface area contributed by atoms with Gasteiger partial charge in [-0.25, -0.2) is 9.37 Å². The highest BCUT2D eigenvalue weighted by Gasteiger charge is 2.55. The second kappa shape index (κ2) is 6.40. The summed E-state index contributed by atoms with van der Waals surface area (Å²) in [4.78, 5) is 32.6. The molecule has 3 rings (SSSR count). The van der Waals surface area contributed by atoms with Gasteiger partial charge in [0.25, 0.3) is 17.8 Å². The summed E-state index contributed by atoms with van der Waals surface area (Å²) in [5.74, 6) is 1.46. The van der Waals surface area contributed by atoms with Crippen molar-refractivity contribution < 1.29 is 14.2 Å². The van der Waals surface area contributed by atoms with Gasteiger partial charge < -0.3 is 0 Å². The van der Waals surface area contributed by atoms with Crippen LogP contribution in [0.2, 0.25) is 0 Å². The zero-order valence-corrected chi connectivity index (χ0v) is 14.1. The fourth-order valence-electron chi connectivity index (χ4n) is 3.15. The van der Waals surface area contributed by atoms with Gasteiger partial charge in [-0.05, 0) is 23.2 Å². The van der Waals surface area contributed by atoms with Gasteiger partial charge in [0.05, 0.1) is 6.54 Å². The lowest BCUT2D eigenvalue weighted by Crippen LogP contribution is -2.62. The fraction of sp³-hybridized carbons (Fsp3) is 0.733. The second-order valence-electron chi connectivity index (χ2n) is 5.94. The van der Waals surface area contributed by atoms with Crippen LogP contribution >= 0.6 is 11.8 Å². The molecule has 1 unspecified atom stereocenters. The molecule has 3 heterocycles. The van der Waals surface area contributed by atoms with Gasteiger partial charge in [0, 0.05) is 19.3 Å². The first-order valence-corrected chi connectivity index (χ1v) is 9.07. The number of amidine groups is 2. The summed E-state index contributed by atoms with van der Waals surface area (Å²) in [7, 11) is 1.72. The van der Waals surface area contributed by atoms with Gasteiger partial charge >= 0.3 is 11.2 Å². The Morgan fingerprint density at radius 1 is 1.27 bits per heavy atom. The molecule has 1 saturated heterocycles. The molecular weight excluding hydrogens is 300 g/mol. The van der Waals surface area contributed by atoms with Gasteiger partial charge in [-0.2, -0.15) is 0 Å². The second-order valence-corrected chi connectivity index (χ2v) is 7.00. The van der Waals surface area contributed by atoms with E-state index in [4.69, 9.17) is 0 Å². The summed E-state index contributed by atoms with van der Waals surface area (Å²) in [5.41, 5.74) is 0. The van der Waals surface area contributed by atoms with Crippen LogP contribution in [0.5, 0.6) is 0 Å².